The minimum absolute atomic E-state index is 0.0969. The summed E-state index contributed by atoms with van der Waals surface area (Å²) in [4.78, 5) is 12.5. The molecule has 2 aromatic heterocycles. The second kappa shape index (κ2) is 7.25. The van der Waals surface area contributed by atoms with Crippen LogP contribution in [0.25, 0.3) is 16.6 Å². The highest BCUT2D eigenvalue weighted by atomic mass is 35.5. The van der Waals surface area contributed by atoms with Crippen LogP contribution in [-0.4, -0.2) is 22.5 Å². The fourth-order valence-electron chi connectivity index (χ4n) is 3.09. The zero-order chi connectivity index (χ0) is 18.8. The molecule has 0 bridgehead atoms. The van der Waals surface area contributed by atoms with E-state index in [1.807, 2.05) is 66.9 Å². The maximum atomic E-state index is 12.5. The number of fused-ring (bicyclic) bond motifs is 1. The summed E-state index contributed by atoms with van der Waals surface area (Å²) < 4.78 is 7.16. The van der Waals surface area contributed by atoms with Crippen molar-refractivity contribution in [3.63, 3.8) is 0 Å². The van der Waals surface area contributed by atoms with Crippen molar-refractivity contribution in [3.05, 3.63) is 89.2 Å². The first-order chi connectivity index (χ1) is 13.2. The molecule has 27 heavy (non-hydrogen) atoms. The molecule has 0 amide bonds. The van der Waals surface area contributed by atoms with Gasteiger partial charge in [-0.2, -0.15) is 5.10 Å². The van der Waals surface area contributed by atoms with E-state index in [-0.39, 0.29) is 5.78 Å². The second-order valence-electron chi connectivity index (χ2n) is 6.25. The molecule has 0 radical (unpaired) electrons. The Morgan fingerprint density at radius 3 is 2.52 bits per heavy atom. The average molecular weight is 377 g/mol. The molecule has 0 unspecified atom stereocenters. The lowest BCUT2D eigenvalue weighted by Crippen LogP contribution is -2.03. The quantitative estimate of drug-likeness (QED) is 0.456. The van der Waals surface area contributed by atoms with Gasteiger partial charge in [-0.15, -0.1) is 0 Å². The number of ketones is 1. The monoisotopic (exact) mass is 376 g/mol. The van der Waals surface area contributed by atoms with Crippen molar-refractivity contribution in [1.82, 2.24) is 9.61 Å². The van der Waals surface area contributed by atoms with Crippen LogP contribution in [0.15, 0.2) is 73.1 Å². The number of benzene rings is 2. The first-order valence-electron chi connectivity index (χ1n) is 8.54. The zero-order valence-electron chi connectivity index (χ0n) is 14.7. The minimum Gasteiger partial charge on any atom is -0.494 e. The summed E-state index contributed by atoms with van der Waals surface area (Å²) in [7, 11) is 1.60. The summed E-state index contributed by atoms with van der Waals surface area (Å²) in [5.74, 6) is 0.749. The number of Topliss-reactive ketones (excluding diaryl/α,β-unsaturated/α-hetero) is 1. The van der Waals surface area contributed by atoms with Crippen molar-refractivity contribution >= 4 is 22.9 Å². The van der Waals surface area contributed by atoms with Crippen LogP contribution in [0, 0.1) is 0 Å². The largest absolute Gasteiger partial charge is 0.494 e. The van der Waals surface area contributed by atoms with Crippen molar-refractivity contribution in [2.75, 3.05) is 7.11 Å². The van der Waals surface area contributed by atoms with E-state index in [0.717, 1.165) is 22.2 Å². The third-order valence-corrected chi connectivity index (χ3v) is 4.78. The van der Waals surface area contributed by atoms with E-state index < -0.39 is 0 Å². The van der Waals surface area contributed by atoms with Gasteiger partial charge in [0.25, 0.3) is 0 Å². The van der Waals surface area contributed by atoms with Gasteiger partial charge >= 0.3 is 0 Å². The number of hydrogen-bond acceptors (Lipinski definition) is 3. The van der Waals surface area contributed by atoms with Crippen LogP contribution >= 0.6 is 11.6 Å². The molecular formula is C22H17ClN2O2. The summed E-state index contributed by atoms with van der Waals surface area (Å²) >= 11 is 6.18. The molecule has 4 rings (SSSR count). The Balaban J connectivity index is 1.62. The Hall–Kier alpha value is -3.11. The Bertz CT molecular complexity index is 1100. The van der Waals surface area contributed by atoms with Crippen LogP contribution < -0.4 is 4.74 Å². The molecule has 2 aromatic carbocycles. The van der Waals surface area contributed by atoms with Gasteiger partial charge in [0.1, 0.15) is 11.3 Å². The smallest absolute Gasteiger partial charge is 0.167 e. The summed E-state index contributed by atoms with van der Waals surface area (Å²) in [5, 5.41) is 4.80. The highest BCUT2D eigenvalue weighted by molar-refractivity contribution is 6.34. The third-order valence-electron chi connectivity index (χ3n) is 4.50. The van der Waals surface area contributed by atoms with Crippen LogP contribution in [0.1, 0.15) is 15.9 Å². The van der Waals surface area contributed by atoms with Crippen molar-refractivity contribution in [3.8, 4) is 16.9 Å². The van der Waals surface area contributed by atoms with Crippen LogP contribution in [0.3, 0.4) is 0 Å². The summed E-state index contributed by atoms with van der Waals surface area (Å²) in [6, 6.07) is 19.2. The van der Waals surface area contributed by atoms with E-state index in [2.05, 4.69) is 5.10 Å². The topological polar surface area (TPSA) is 43.6 Å². The number of carbonyl (C=O) groups is 1. The highest BCUT2D eigenvalue weighted by Gasteiger charge is 2.12. The number of methoxy groups -OCH3 is 1. The maximum Gasteiger partial charge on any atom is 0.167 e. The van der Waals surface area contributed by atoms with E-state index in [0.29, 0.717) is 22.8 Å². The van der Waals surface area contributed by atoms with E-state index in [1.54, 1.807) is 17.8 Å². The number of halogens is 1. The Kier molecular flexibility index (Phi) is 4.65. The Labute approximate surface area is 162 Å². The molecule has 0 aliphatic heterocycles. The van der Waals surface area contributed by atoms with E-state index in [4.69, 9.17) is 16.3 Å². The lowest BCUT2D eigenvalue weighted by atomic mass is 10.00. The summed E-state index contributed by atoms with van der Waals surface area (Å²) in [5.41, 5.74) is 4.34. The molecule has 0 saturated heterocycles. The van der Waals surface area contributed by atoms with Gasteiger partial charge in [-0.05, 0) is 17.2 Å². The Morgan fingerprint density at radius 1 is 1.07 bits per heavy atom. The van der Waals surface area contributed by atoms with Gasteiger partial charge in [0.15, 0.2) is 5.78 Å². The number of ether oxygens (including phenoxy) is 1. The number of nitrogens with zero attached hydrogens (tertiary/aromatic N) is 2. The molecule has 2 heterocycles. The maximum absolute atomic E-state index is 12.5. The van der Waals surface area contributed by atoms with Crippen molar-refractivity contribution < 1.29 is 9.53 Å². The first-order valence-corrected chi connectivity index (χ1v) is 8.92. The fourth-order valence-corrected chi connectivity index (χ4v) is 3.32. The predicted molar refractivity (Wildman–Crippen MR) is 107 cm³/mol. The molecule has 0 aliphatic rings. The van der Waals surface area contributed by atoms with Crippen LogP contribution in [0.4, 0.5) is 0 Å². The molecule has 0 saturated carbocycles. The molecule has 0 N–H and O–H groups in total. The lowest BCUT2D eigenvalue weighted by Gasteiger charge is -2.09. The number of aromatic nitrogens is 2. The lowest BCUT2D eigenvalue weighted by molar-refractivity contribution is 0.0993. The van der Waals surface area contributed by atoms with Gasteiger partial charge in [-0.1, -0.05) is 66.2 Å². The molecule has 134 valence electrons. The Morgan fingerprint density at radius 2 is 1.81 bits per heavy atom. The van der Waals surface area contributed by atoms with Gasteiger partial charge < -0.3 is 4.74 Å². The third kappa shape index (κ3) is 3.44. The van der Waals surface area contributed by atoms with Crippen LogP contribution in [0.5, 0.6) is 5.75 Å². The first kappa shape index (κ1) is 17.3. The number of hydrogen-bond donors (Lipinski definition) is 0. The van der Waals surface area contributed by atoms with Gasteiger partial charge in [0.05, 0.1) is 18.3 Å². The molecule has 0 atom stereocenters. The fraction of sp³-hybridized carbons (Fsp3) is 0.0909. The van der Waals surface area contributed by atoms with E-state index in [9.17, 15) is 4.79 Å². The summed E-state index contributed by atoms with van der Waals surface area (Å²) in [6.45, 7) is 0. The molecule has 0 fully saturated rings. The van der Waals surface area contributed by atoms with Crippen LogP contribution in [-0.2, 0) is 6.42 Å². The van der Waals surface area contributed by atoms with Gasteiger partial charge in [0, 0.05) is 23.7 Å². The highest BCUT2D eigenvalue weighted by Crippen LogP contribution is 2.32. The molecular weight excluding hydrogens is 360 g/mol. The minimum atomic E-state index is 0.0969. The van der Waals surface area contributed by atoms with Crippen molar-refractivity contribution in [2.45, 2.75) is 6.42 Å². The van der Waals surface area contributed by atoms with Crippen LogP contribution in [0.2, 0.25) is 5.02 Å². The second-order valence-corrected chi connectivity index (χ2v) is 6.65. The number of pyridine rings is 1. The van der Waals surface area contributed by atoms with E-state index in [1.165, 1.54) is 0 Å². The number of rotatable bonds is 5. The van der Waals surface area contributed by atoms with E-state index >= 15 is 0 Å². The zero-order valence-corrected chi connectivity index (χ0v) is 15.5. The molecule has 4 nitrogen and oxygen atoms in total. The predicted octanol–water partition coefficient (Wildman–Crippen LogP) is 5.09. The van der Waals surface area contributed by atoms with Gasteiger partial charge in [-0.25, -0.2) is 4.52 Å². The SMILES string of the molecule is COc1cc(-c2ccc(C(=O)Cc3ccccc3)cc2)cn2ncc(Cl)c12. The molecule has 5 heteroatoms. The van der Waals surface area contributed by atoms with Gasteiger partial charge in [0.2, 0.25) is 0 Å². The van der Waals surface area contributed by atoms with Crippen molar-refractivity contribution in [1.29, 1.82) is 0 Å². The number of carbonyl (C=O) groups excluding carboxylic acids is 1. The molecule has 4 aromatic rings. The van der Waals surface area contributed by atoms with Crippen molar-refractivity contribution in [2.24, 2.45) is 0 Å². The standard InChI is InChI=1S/C22H17ClN2O2/c1-27-21-12-18(14-25-22(21)19(23)13-24-25)16-7-9-17(10-8-16)20(26)11-15-5-3-2-4-6-15/h2-10,12-14H,11H2,1H3. The average Bonchev–Trinajstić information content (AvgIpc) is 3.09. The van der Waals surface area contributed by atoms with Gasteiger partial charge in [-0.3, -0.25) is 4.79 Å². The summed E-state index contributed by atoms with van der Waals surface area (Å²) in [6.07, 6.45) is 3.88. The normalized spacial score (nSPS) is 10.9. The molecule has 0 spiro atoms. The molecule has 0 aliphatic carbocycles.